The van der Waals surface area contributed by atoms with Gasteiger partial charge < -0.3 is 4.42 Å². The van der Waals surface area contributed by atoms with Crippen LogP contribution in [0.4, 0.5) is 0 Å². The lowest BCUT2D eigenvalue weighted by atomic mass is 9.77. The highest BCUT2D eigenvalue weighted by atomic mass is 31.0. The lowest BCUT2D eigenvalue weighted by Gasteiger charge is -2.28. The molecule has 232 valence electrons. The Morgan fingerprint density at radius 3 is 1.91 bits per heavy atom. The molecule has 4 heteroatoms. The highest BCUT2D eigenvalue weighted by Gasteiger charge is 2.30. The SMILES string of the molecule is C=C(c1ccc(-c2c(C(/C=C\C)C(=O)C=O)c(C(C)P)c(-c3ccccc3)c3ccccc23)cc1)c1oc2ccccc2c1/C=C\C. The van der Waals surface area contributed by atoms with E-state index in [0.29, 0.717) is 6.29 Å². The number of hydrogen-bond acceptors (Lipinski definition) is 3. The Hall–Kier alpha value is -5.11. The molecule has 0 N–H and O–H groups in total. The Labute approximate surface area is 278 Å². The normalized spacial score (nSPS) is 13.0. The molecule has 3 unspecified atom stereocenters. The number of allylic oxidation sites excluding steroid dienone is 3. The van der Waals surface area contributed by atoms with Crippen molar-refractivity contribution in [3.05, 3.63) is 156 Å². The van der Waals surface area contributed by atoms with Crippen molar-refractivity contribution >= 4 is 54.7 Å². The molecule has 0 aliphatic heterocycles. The maximum absolute atomic E-state index is 13.5. The first kappa shape index (κ1) is 31.9. The van der Waals surface area contributed by atoms with Gasteiger partial charge in [0.25, 0.3) is 0 Å². The summed E-state index contributed by atoms with van der Waals surface area (Å²) in [5.41, 5.74) is 9.41. The molecule has 0 fully saturated rings. The average Bonchev–Trinajstić information content (AvgIpc) is 3.47. The number of benzene rings is 5. The molecule has 0 aliphatic rings. The quantitative estimate of drug-likeness (QED) is 0.0653. The molecular weight excluding hydrogens is 595 g/mol. The van der Waals surface area contributed by atoms with Crippen LogP contribution in [0.3, 0.4) is 0 Å². The zero-order valence-electron chi connectivity index (χ0n) is 26.9. The van der Waals surface area contributed by atoms with Crippen LogP contribution in [0.2, 0.25) is 0 Å². The van der Waals surface area contributed by atoms with Crippen LogP contribution >= 0.6 is 9.24 Å². The number of Topliss-reactive ketones (excluding diaryl/α,β-unsaturated/α-hetero) is 1. The molecule has 0 bridgehead atoms. The van der Waals surface area contributed by atoms with Gasteiger partial charge in [-0.2, -0.15) is 0 Å². The third kappa shape index (κ3) is 5.84. The van der Waals surface area contributed by atoms with Gasteiger partial charge in [0.05, 0.1) is 5.92 Å². The van der Waals surface area contributed by atoms with Crippen molar-refractivity contribution in [1.82, 2.24) is 0 Å². The zero-order chi connectivity index (χ0) is 33.1. The second kappa shape index (κ2) is 13.7. The number of furan rings is 1. The van der Waals surface area contributed by atoms with Crippen molar-refractivity contribution in [3.63, 3.8) is 0 Å². The van der Waals surface area contributed by atoms with E-state index in [2.05, 4.69) is 89.5 Å². The van der Waals surface area contributed by atoms with Gasteiger partial charge in [-0.3, -0.25) is 9.59 Å². The Kier molecular flexibility index (Phi) is 9.29. The Morgan fingerprint density at radius 1 is 0.745 bits per heavy atom. The summed E-state index contributed by atoms with van der Waals surface area (Å²) in [5, 5.41) is 3.15. The van der Waals surface area contributed by atoms with Gasteiger partial charge in [0.2, 0.25) is 5.78 Å². The molecular formula is C43H37O3P. The number of ketones is 1. The molecule has 3 nitrogen and oxygen atoms in total. The first-order chi connectivity index (χ1) is 22.9. The third-order valence-corrected chi connectivity index (χ3v) is 9.03. The van der Waals surface area contributed by atoms with Gasteiger partial charge in [0.15, 0.2) is 6.29 Å². The predicted octanol–water partition coefficient (Wildman–Crippen LogP) is 11.4. The maximum atomic E-state index is 13.5. The van der Waals surface area contributed by atoms with Gasteiger partial charge in [-0.25, -0.2) is 0 Å². The molecule has 3 atom stereocenters. The minimum absolute atomic E-state index is 0.0204. The van der Waals surface area contributed by atoms with Crippen molar-refractivity contribution in [2.75, 3.05) is 0 Å². The highest BCUT2D eigenvalue weighted by molar-refractivity contribution is 7.17. The lowest BCUT2D eigenvalue weighted by molar-refractivity contribution is -0.130. The molecule has 0 radical (unpaired) electrons. The van der Waals surface area contributed by atoms with Crippen LogP contribution in [0, 0.1) is 0 Å². The second-order valence-electron chi connectivity index (χ2n) is 11.7. The van der Waals surface area contributed by atoms with Crippen LogP contribution in [0.5, 0.6) is 0 Å². The molecule has 6 rings (SSSR count). The first-order valence-electron chi connectivity index (χ1n) is 15.8. The van der Waals surface area contributed by atoms with Crippen molar-refractivity contribution in [2.45, 2.75) is 32.3 Å². The minimum Gasteiger partial charge on any atom is -0.455 e. The van der Waals surface area contributed by atoms with Crippen molar-refractivity contribution in [2.24, 2.45) is 0 Å². The molecule has 0 saturated carbocycles. The summed E-state index contributed by atoms with van der Waals surface area (Å²) < 4.78 is 6.32. The maximum Gasteiger partial charge on any atom is 0.206 e. The smallest absolute Gasteiger partial charge is 0.206 e. The molecule has 0 aliphatic carbocycles. The van der Waals surface area contributed by atoms with Crippen LogP contribution < -0.4 is 0 Å². The van der Waals surface area contributed by atoms with E-state index in [0.717, 1.165) is 77.6 Å². The van der Waals surface area contributed by atoms with Crippen LogP contribution in [0.1, 0.15) is 60.4 Å². The number of rotatable bonds is 10. The molecule has 1 heterocycles. The standard InChI is InChI=1S/C43H37O3P/c1-5-14-35-32-18-12-13-21-38(32)46-43(35)27(3)29-22-24-31(25-23-29)41-34-20-11-10-19-33(34)40(30-16-8-7-9-17-30)39(28(4)47)42(41)36(15-6-2)37(45)26-44/h5-26,28,36H,3,47H2,1-2,4H3/b14-5-,15-6-. The van der Waals surface area contributed by atoms with Gasteiger partial charge in [0, 0.05) is 16.5 Å². The van der Waals surface area contributed by atoms with Gasteiger partial charge >= 0.3 is 0 Å². The van der Waals surface area contributed by atoms with E-state index < -0.39 is 11.7 Å². The third-order valence-electron chi connectivity index (χ3n) is 8.69. The minimum atomic E-state index is -0.744. The zero-order valence-corrected chi connectivity index (χ0v) is 28.0. The molecule has 1 aromatic heterocycles. The molecule has 0 amide bonds. The Morgan fingerprint density at radius 2 is 1.32 bits per heavy atom. The fraction of sp³-hybridized carbons (Fsp3) is 0.116. The van der Waals surface area contributed by atoms with Crippen LogP contribution in [0.15, 0.2) is 132 Å². The van der Waals surface area contributed by atoms with Crippen LogP contribution in [0.25, 0.3) is 55.6 Å². The van der Waals surface area contributed by atoms with Gasteiger partial charge in [-0.05, 0) is 75.3 Å². The van der Waals surface area contributed by atoms with E-state index in [1.807, 2.05) is 74.5 Å². The fourth-order valence-corrected chi connectivity index (χ4v) is 7.04. The van der Waals surface area contributed by atoms with Crippen LogP contribution in [-0.4, -0.2) is 12.1 Å². The molecule has 0 spiro atoms. The Balaban J connectivity index is 1.62. The monoisotopic (exact) mass is 632 g/mol. The number of carbonyl (C=O) groups excluding carboxylic acids is 2. The van der Waals surface area contributed by atoms with E-state index in [1.165, 1.54) is 0 Å². The summed E-state index contributed by atoms with van der Waals surface area (Å²) >= 11 is 0. The van der Waals surface area contributed by atoms with E-state index in [-0.39, 0.29) is 5.66 Å². The van der Waals surface area contributed by atoms with Crippen LogP contribution in [-0.2, 0) is 9.59 Å². The van der Waals surface area contributed by atoms with Gasteiger partial charge in [-0.1, -0.05) is 135 Å². The number of hydrogen-bond donors (Lipinski definition) is 0. The summed E-state index contributed by atoms with van der Waals surface area (Å²) in [5.74, 6) is -0.484. The molecule has 5 aromatic carbocycles. The Bertz CT molecular complexity index is 2180. The topological polar surface area (TPSA) is 47.3 Å². The molecule has 0 saturated heterocycles. The van der Waals surface area contributed by atoms with Crippen molar-refractivity contribution in [1.29, 1.82) is 0 Å². The largest absolute Gasteiger partial charge is 0.455 e. The number of aldehydes is 1. The summed E-state index contributed by atoms with van der Waals surface area (Å²) in [7, 11) is 2.93. The fourth-order valence-electron chi connectivity index (χ4n) is 6.69. The summed E-state index contributed by atoms with van der Waals surface area (Å²) in [6.07, 6.45) is 8.22. The number of fused-ring (bicyclic) bond motifs is 2. The number of para-hydroxylation sites is 1. The van der Waals surface area contributed by atoms with Gasteiger partial charge in [-0.15, -0.1) is 9.24 Å². The van der Waals surface area contributed by atoms with Crippen molar-refractivity contribution in [3.8, 4) is 22.3 Å². The van der Waals surface area contributed by atoms with E-state index >= 15 is 0 Å². The summed E-state index contributed by atoms with van der Waals surface area (Å²) in [6.45, 7) is 10.4. The predicted molar refractivity (Wildman–Crippen MR) is 201 cm³/mol. The summed E-state index contributed by atoms with van der Waals surface area (Å²) in [4.78, 5) is 25.6. The molecule has 47 heavy (non-hydrogen) atoms. The average molecular weight is 633 g/mol. The van der Waals surface area contributed by atoms with Gasteiger partial charge in [0.1, 0.15) is 11.3 Å². The first-order valence-corrected chi connectivity index (χ1v) is 16.5. The van der Waals surface area contributed by atoms with E-state index in [4.69, 9.17) is 4.42 Å². The second-order valence-corrected chi connectivity index (χ2v) is 12.7. The summed E-state index contributed by atoms with van der Waals surface area (Å²) in [6, 6.07) is 34.9. The highest BCUT2D eigenvalue weighted by Crippen LogP contribution is 2.49. The van der Waals surface area contributed by atoms with E-state index in [9.17, 15) is 9.59 Å². The van der Waals surface area contributed by atoms with E-state index in [1.54, 1.807) is 0 Å². The lowest BCUT2D eigenvalue weighted by Crippen LogP contribution is -2.16. The molecule has 6 aromatic rings. The number of carbonyl (C=O) groups is 2. The van der Waals surface area contributed by atoms with Crippen molar-refractivity contribution < 1.29 is 14.0 Å².